The van der Waals surface area contributed by atoms with E-state index in [1.807, 2.05) is 18.7 Å². The van der Waals surface area contributed by atoms with E-state index in [1.165, 1.54) is 0 Å². The molecule has 1 fully saturated rings. The lowest BCUT2D eigenvalue weighted by Gasteiger charge is -2.33. The summed E-state index contributed by atoms with van der Waals surface area (Å²) in [5, 5.41) is 2.66. The average molecular weight is 255 g/mol. The second kappa shape index (κ2) is 7.36. The Hall–Kier alpha value is -1.10. The van der Waals surface area contributed by atoms with Crippen LogP contribution in [0.2, 0.25) is 0 Å². The number of nitrogens with two attached hydrogens (primary N) is 1. The Morgan fingerprint density at radius 2 is 2.00 bits per heavy atom. The maximum Gasteiger partial charge on any atom is 0.241 e. The van der Waals surface area contributed by atoms with Gasteiger partial charge in [0.2, 0.25) is 11.8 Å². The normalized spacial score (nSPS) is 18.5. The number of carbonyl (C=O) groups excluding carboxylic acids is 2. The highest BCUT2D eigenvalue weighted by molar-refractivity contribution is 5.84. The van der Waals surface area contributed by atoms with E-state index in [2.05, 4.69) is 5.32 Å². The van der Waals surface area contributed by atoms with Gasteiger partial charge in [0.15, 0.2) is 0 Å². The van der Waals surface area contributed by atoms with Crippen molar-refractivity contribution in [1.82, 2.24) is 10.2 Å². The van der Waals surface area contributed by atoms with Gasteiger partial charge in [-0.25, -0.2) is 0 Å². The predicted molar refractivity (Wildman–Crippen MR) is 70.9 cm³/mol. The Labute approximate surface area is 109 Å². The molecule has 1 atom stereocenters. The third kappa shape index (κ3) is 4.64. The highest BCUT2D eigenvalue weighted by Gasteiger charge is 2.24. The Balaban J connectivity index is 2.26. The Morgan fingerprint density at radius 1 is 1.39 bits per heavy atom. The van der Waals surface area contributed by atoms with Gasteiger partial charge in [0.05, 0.1) is 6.54 Å². The molecule has 1 unspecified atom stereocenters. The van der Waals surface area contributed by atoms with E-state index in [0.29, 0.717) is 12.3 Å². The number of hydrogen-bond donors (Lipinski definition) is 2. The molecule has 3 N–H and O–H groups in total. The fourth-order valence-corrected chi connectivity index (χ4v) is 2.28. The smallest absolute Gasteiger partial charge is 0.241 e. The number of hydrogen-bond acceptors (Lipinski definition) is 3. The van der Waals surface area contributed by atoms with Crippen LogP contribution in [-0.2, 0) is 9.59 Å². The van der Waals surface area contributed by atoms with E-state index in [4.69, 9.17) is 5.73 Å². The van der Waals surface area contributed by atoms with Crippen molar-refractivity contribution in [2.45, 2.75) is 45.6 Å². The molecule has 0 aromatic carbocycles. The lowest BCUT2D eigenvalue weighted by atomic mass is 9.91. The van der Waals surface area contributed by atoms with Gasteiger partial charge in [0.25, 0.3) is 0 Å². The molecule has 2 amide bonds. The predicted octanol–water partition coefficient (Wildman–Crippen LogP) is 0.489. The molecule has 0 spiro atoms. The van der Waals surface area contributed by atoms with Gasteiger partial charge in [-0.05, 0) is 32.1 Å². The second-order valence-corrected chi connectivity index (χ2v) is 5.10. The first-order chi connectivity index (χ1) is 8.54. The topological polar surface area (TPSA) is 75.4 Å². The fourth-order valence-electron chi connectivity index (χ4n) is 2.28. The van der Waals surface area contributed by atoms with Crippen LogP contribution in [0.25, 0.3) is 0 Å². The number of amides is 2. The largest absolute Gasteiger partial charge is 0.347 e. The Morgan fingerprint density at radius 3 is 2.50 bits per heavy atom. The van der Waals surface area contributed by atoms with Crippen molar-refractivity contribution < 1.29 is 9.59 Å². The third-order valence-corrected chi connectivity index (χ3v) is 3.55. The quantitative estimate of drug-likeness (QED) is 0.750. The van der Waals surface area contributed by atoms with Crippen molar-refractivity contribution in [3.8, 4) is 0 Å². The van der Waals surface area contributed by atoms with Crippen LogP contribution in [0.5, 0.6) is 0 Å². The standard InChI is InChI=1S/C13H25N3O2/c1-3-4-12(17)15-9-13(18)16-7-5-11(6-8-16)10(2)14/h10-11H,3-9,14H2,1-2H3,(H,15,17). The lowest BCUT2D eigenvalue weighted by Crippen LogP contribution is -2.46. The molecule has 0 radical (unpaired) electrons. The highest BCUT2D eigenvalue weighted by Crippen LogP contribution is 2.19. The minimum absolute atomic E-state index is 0.0163. The molecule has 1 saturated heterocycles. The lowest BCUT2D eigenvalue weighted by molar-refractivity contribution is -0.134. The maximum absolute atomic E-state index is 11.9. The van der Waals surface area contributed by atoms with Gasteiger partial charge in [-0.15, -0.1) is 0 Å². The summed E-state index contributed by atoms with van der Waals surface area (Å²) < 4.78 is 0. The van der Waals surface area contributed by atoms with Crippen LogP contribution >= 0.6 is 0 Å². The molecule has 18 heavy (non-hydrogen) atoms. The first-order valence-electron chi connectivity index (χ1n) is 6.84. The molecule has 1 rings (SSSR count). The second-order valence-electron chi connectivity index (χ2n) is 5.10. The van der Waals surface area contributed by atoms with Gasteiger partial charge in [0, 0.05) is 25.6 Å². The molecule has 1 heterocycles. The van der Waals surface area contributed by atoms with Crippen molar-refractivity contribution in [1.29, 1.82) is 0 Å². The molecule has 5 nitrogen and oxygen atoms in total. The number of nitrogens with zero attached hydrogens (tertiary/aromatic N) is 1. The van der Waals surface area contributed by atoms with E-state index in [1.54, 1.807) is 0 Å². The van der Waals surface area contributed by atoms with E-state index < -0.39 is 0 Å². The molecule has 1 aliphatic rings. The first-order valence-corrected chi connectivity index (χ1v) is 6.84. The number of likely N-dealkylation sites (tertiary alicyclic amines) is 1. The molecule has 0 aromatic heterocycles. The van der Waals surface area contributed by atoms with Crippen molar-refractivity contribution in [2.24, 2.45) is 11.7 Å². The van der Waals surface area contributed by atoms with E-state index in [-0.39, 0.29) is 24.4 Å². The summed E-state index contributed by atoms with van der Waals surface area (Å²) in [6.45, 7) is 5.61. The fraction of sp³-hybridized carbons (Fsp3) is 0.846. The van der Waals surface area contributed by atoms with Crippen LogP contribution < -0.4 is 11.1 Å². The zero-order valence-electron chi connectivity index (χ0n) is 11.4. The summed E-state index contributed by atoms with van der Waals surface area (Å²) in [5.41, 5.74) is 5.86. The van der Waals surface area contributed by atoms with Gasteiger partial charge >= 0.3 is 0 Å². The van der Waals surface area contributed by atoms with E-state index >= 15 is 0 Å². The van der Waals surface area contributed by atoms with Crippen LogP contribution in [-0.4, -0.2) is 42.4 Å². The monoisotopic (exact) mass is 255 g/mol. The van der Waals surface area contributed by atoms with E-state index in [0.717, 1.165) is 32.4 Å². The molecule has 1 aliphatic heterocycles. The minimum atomic E-state index is -0.0451. The van der Waals surface area contributed by atoms with Crippen molar-refractivity contribution in [3.05, 3.63) is 0 Å². The van der Waals surface area contributed by atoms with Crippen LogP contribution in [0.3, 0.4) is 0 Å². The van der Waals surface area contributed by atoms with Gasteiger partial charge in [0.1, 0.15) is 0 Å². The molecule has 5 heteroatoms. The van der Waals surface area contributed by atoms with Crippen molar-refractivity contribution >= 4 is 11.8 Å². The number of nitrogens with one attached hydrogen (secondary N) is 1. The number of carbonyl (C=O) groups is 2. The summed E-state index contributed by atoms with van der Waals surface area (Å²) in [7, 11) is 0. The Bertz CT molecular complexity index is 284. The van der Waals surface area contributed by atoms with Crippen molar-refractivity contribution in [2.75, 3.05) is 19.6 Å². The van der Waals surface area contributed by atoms with Crippen LogP contribution in [0.15, 0.2) is 0 Å². The van der Waals surface area contributed by atoms with Gasteiger partial charge < -0.3 is 16.0 Å². The van der Waals surface area contributed by atoms with Gasteiger partial charge in [-0.1, -0.05) is 6.92 Å². The first kappa shape index (κ1) is 15.0. The summed E-state index contributed by atoms with van der Waals surface area (Å²) >= 11 is 0. The van der Waals surface area contributed by atoms with Crippen molar-refractivity contribution in [3.63, 3.8) is 0 Å². The molecular weight excluding hydrogens is 230 g/mol. The molecular formula is C13H25N3O2. The van der Waals surface area contributed by atoms with Gasteiger partial charge in [-0.2, -0.15) is 0 Å². The van der Waals surface area contributed by atoms with E-state index in [9.17, 15) is 9.59 Å². The molecule has 0 saturated carbocycles. The van der Waals surface area contributed by atoms with Crippen LogP contribution in [0, 0.1) is 5.92 Å². The molecule has 0 aliphatic carbocycles. The summed E-state index contributed by atoms with van der Waals surface area (Å²) in [6.07, 6.45) is 3.22. The van der Waals surface area contributed by atoms with Crippen LogP contribution in [0.1, 0.15) is 39.5 Å². The molecule has 0 aromatic rings. The SMILES string of the molecule is CCCC(=O)NCC(=O)N1CCC(C(C)N)CC1. The number of rotatable bonds is 5. The zero-order valence-corrected chi connectivity index (χ0v) is 11.4. The third-order valence-electron chi connectivity index (χ3n) is 3.55. The number of piperidine rings is 1. The average Bonchev–Trinajstić information content (AvgIpc) is 2.36. The zero-order chi connectivity index (χ0) is 13.5. The Kier molecular flexibility index (Phi) is 6.12. The molecule has 104 valence electrons. The van der Waals surface area contributed by atoms with Gasteiger partial charge in [-0.3, -0.25) is 9.59 Å². The summed E-state index contributed by atoms with van der Waals surface area (Å²) in [6, 6.07) is 0.200. The highest BCUT2D eigenvalue weighted by atomic mass is 16.2. The summed E-state index contributed by atoms with van der Waals surface area (Å²) in [4.78, 5) is 25.0. The summed E-state index contributed by atoms with van der Waals surface area (Å²) in [5.74, 6) is 0.489. The van der Waals surface area contributed by atoms with Crippen LogP contribution in [0.4, 0.5) is 0 Å². The molecule has 0 bridgehead atoms. The maximum atomic E-state index is 11.9. The minimum Gasteiger partial charge on any atom is -0.347 e.